The first-order valence-corrected chi connectivity index (χ1v) is 3.78. The van der Waals surface area contributed by atoms with Gasteiger partial charge < -0.3 is 19.3 Å². The second-order valence-corrected chi connectivity index (χ2v) is 2.45. The summed E-state index contributed by atoms with van der Waals surface area (Å²) in [6.45, 7) is 3.55. The Kier molecular flexibility index (Phi) is 3.79. The van der Waals surface area contributed by atoms with Crippen molar-refractivity contribution in [2.75, 3.05) is 26.4 Å². The third kappa shape index (κ3) is 4.31. The van der Waals surface area contributed by atoms with Gasteiger partial charge >= 0.3 is 0 Å². The molecule has 4 heteroatoms. The highest BCUT2D eigenvalue weighted by Gasteiger charge is 2.23. The standard InChI is InChI=1S/C7H14O4/c1-6(9-3-2-8)10-4-7-5-11-7/h6-8H,2-5H2,1H3. The van der Waals surface area contributed by atoms with E-state index in [1.807, 2.05) is 0 Å². The largest absolute Gasteiger partial charge is 0.394 e. The minimum absolute atomic E-state index is 0.0353. The van der Waals surface area contributed by atoms with E-state index < -0.39 is 0 Å². The number of rotatable bonds is 6. The highest BCUT2D eigenvalue weighted by atomic mass is 16.7. The van der Waals surface area contributed by atoms with Crippen LogP contribution in [0.1, 0.15) is 6.92 Å². The zero-order valence-electron chi connectivity index (χ0n) is 6.66. The smallest absolute Gasteiger partial charge is 0.155 e. The summed E-state index contributed by atoms with van der Waals surface area (Å²) in [5, 5.41) is 8.40. The number of ether oxygens (including phenoxy) is 3. The molecule has 0 saturated carbocycles. The van der Waals surface area contributed by atoms with Crippen LogP contribution >= 0.6 is 0 Å². The van der Waals surface area contributed by atoms with E-state index in [9.17, 15) is 0 Å². The molecule has 11 heavy (non-hydrogen) atoms. The molecule has 4 nitrogen and oxygen atoms in total. The lowest BCUT2D eigenvalue weighted by Gasteiger charge is -2.11. The third-order valence-corrected chi connectivity index (χ3v) is 1.36. The Morgan fingerprint density at radius 3 is 2.91 bits per heavy atom. The van der Waals surface area contributed by atoms with Gasteiger partial charge in [-0.25, -0.2) is 0 Å². The van der Waals surface area contributed by atoms with Crippen LogP contribution in [0.3, 0.4) is 0 Å². The zero-order chi connectivity index (χ0) is 8.10. The molecule has 1 aliphatic rings. The van der Waals surface area contributed by atoms with Gasteiger partial charge in [0.25, 0.3) is 0 Å². The first-order chi connectivity index (χ1) is 5.33. The van der Waals surface area contributed by atoms with Crippen molar-refractivity contribution in [3.63, 3.8) is 0 Å². The van der Waals surface area contributed by atoms with E-state index in [0.29, 0.717) is 13.2 Å². The van der Waals surface area contributed by atoms with Gasteiger partial charge in [0, 0.05) is 0 Å². The van der Waals surface area contributed by atoms with Crippen molar-refractivity contribution < 1.29 is 19.3 Å². The van der Waals surface area contributed by atoms with Crippen LogP contribution in [-0.2, 0) is 14.2 Å². The molecule has 0 aliphatic carbocycles. The Morgan fingerprint density at radius 1 is 1.64 bits per heavy atom. The molecule has 1 saturated heterocycles. The minimum Gasteiger partial charge on any atom is -0.394 e. The Labute approximate surface area is 66.1 Å². The summed E-state index contributed by atoms with van der Waals surface area (Å²) in [5.41, 5.74) is 0. The van der Waals surface area contributed by atoms with Crippen molar-refractivity contribution in [1.29, 1.82) is 0 Å². The van der Waals surface area contributed by atoms with Crippen LogP contribution in [0.2, 0.25) is 0 Å². The fourth-order valence-electron chi connectivity index (χ4n) is 0.674. The second kappa shape index (κ2) is 4.66. The number of epoxide rings is 1. The Balaban J connectivity index is 1.87. The summed E-state index contributed by atoms with van der Waals surface area (Å²) in [4.78, 5) is 0. The minimum atomic E-state index is -0.244. The molecule has 2 unspecified atom stereocenters. The van der Waals surface area contributed by atoms with Crippen LogP contribution in [0.5, 0.6) is 0 Å². The van der Waals surface area contributed by atoms with Gasteiger partial charge in [0.1, 0.15) is 6.10 Å². The molecule has 1 heterocycles. The van der Waals surface area contributed by atoms with E-state index in [4.69, 9.17) is 19.3 Å². The van der Waals surface area contributed by atoms with Gasteiger partial charge in [-0.2, -0.15) is 0 Å². The molecule has 1 rings (SSSR count). The monoisotopic (exact) mass is 162 g/mol. The quantitative estimate of drug-likeness (QED) is 0.432. The average Bonchev–Trinajstić information content (AvgIpc) is 2.80. The zero-order valence-corrected chi connectivity index (χ0v) is 6.66. The maximum Gasteiger partial charge on any atom is 0.155 e. The number of hydrogen-bond acceptors (Lipinski definition) is 4. The van der Waals surface area contributed by atoms with Gasteiger partial charge in [-0.3, -0.25) is 0 Å². The molecule has 1 N–H and O–H groups in total. The summed E-state index contributed by atoms with van der Waals surface area (Å²) >= 11 is 0. The molecular weight excluding hydrogens is 148 g/mol. The molecule has 0 bridgehead atoms. The van der Waals surface area contributed by atoms with E-state index >= 15 is 0 Å². The topological polar surface area (TPSA) is 51.2 Å². The normalized spacial score (nSPS) is 25.1. The van der Waals surface area contributed by atoms with Gasteiger partial charge in [0.05, 0.1) is 26.4 Å². The van der Waals surface area contributed by atoms with Crippen molar-refractivity contribution in [2.24, 2.45) is 0 Å². The molecule has 0 aromatic carbocycles. The lowest BCUT2D eigenvalue weighted by Crippen LogP contribution is -2.17. The summed E-state index contributed by atoms with van der Waals surface area (Å²) < 4.78 is 15.2. The van der Waals surface area contributed by atoms with Gasteiger partial charge in [-0.15, -0.1) is 0 Å². The predicted octanol–water partition coefficient (Wildman–Crippen LogP) is -0.243. The number of hydrogen-bond donors (Lipinski definition) is 1. The summed E-state index contributed by atoms with van der Waals surface area (Å²) in [6.07, 6.45) is 0.0292. The first kappa shape index (κ1) is 8.93. The average molecular weight is 162 g/mol. The lowest BCUT2D eigenvalue weighted by molar-refractivity contribution is -0.138. The Bertz CT molecular complexity index is 103. The van der Waals surface area contributed by atoms with Crippen LogP contribution in [0, 0.1) is 0 Å². The van der Waals surface area contributed by atoms with Crippen LogP contribution in [0.4, 0.5) is 0 Å². The van der Waals surface area contributed by atoms with Crippen molar-refractivity contribution in [2.45, 2.75) is 19.3 Å². The highest BCUT2D eigenvalue weighted by Crippen LogP contribution is 2.09. The van der Waals surface area contributed by atoms with Gasteiger partial charge in [0.15, 0.2) is 6.29 Å². The summed E-state index contributed by atoms with van der Waals surface area (Å²) in [7, 11) is 0. The van der Waals surface area contributed by atoms with Crippen molar-refractivity contribution >= 4 is 0 Å². The van der Waals surface area contributed by atoms with Crippen molar-refractivity contribution in [3.8, 4) is 0 Å². The van der Waals surface area contributed by atoms with Crippen LogP contribution in [-0.4, -0.2) is 43.9 Å². The van der Waals surface area contributed by atoms with Crippen LogP contribution in [0.15, 0.2) is 0 Å². The van der Waals surface area contributed by atoms with Gasteiger partial charge in [-0.1, -0.05) is 0 Å². The van der Waals surface area contributed by atoms with E-state index in [0.717, 1.165) is 6.61 Å². The van der Waals surface area contributed by atoms with E-state index in [1.165, 1.54) is 0 Å². The second-order valence-electron chi connectivity index (χ2n) is 2.45. The number of aliphatic hydroxyl groups excluding tert-OH is 1. The van der Waals surface area contributed by atoms with Crippen LogP contribution in [0.25, 0.3) is 0 Å². The van der Waals surface area contributed by atoms with Crippen molar-refractivity contribution in [3.05, 3.63) is 0 Å². The van der Waals surface area contributed by atoms with E-state index in [1.54, 1.807) is 6.92 Å². The fraction of sp³-hybridized carbons (Fsp3) is 1.00. The molecule has 0 radical (unpaired) electrons. The fourth-order valence-corrected chi connectivity index (χ4v) is 0.674. The highest BCUT2D eigenvalue weighted by molar-refractivity contribution is 4.67. The molecule has 0 aromatic rings. The summed E-state index contributed by atoms with van der Waals surface area (Å²) in [5.74, 6) is 0. The number of aliphatic hydroxyl groups is 1. The molecule has 1 aliphatic heterocycles. The SMILES string of the molecule is CC(OCCO)OCC1CO1. The molecule has 0 amide bonds. The Morgan fingerprint density at radius 2 is 2.36 bits per heavy atom. The molecule has 2 atom stereocenters. The van der Waals surface area contributed by atoms with Crippen LogP contribution < -0.4 is 0 Å². The molecule has 66 valence electrons. The van der Waals surface area contributed by atoms with Crippen molar-refractivity contribution in [1.82, 2.24) is 0 Å². The summed E-state index contributed by atoms with van der Waals surface area (Å²) in [6, 6.07) is 0. The molecule has 0 aromatic heterocycles. The Hall–Kier alpha value is -0.160. The molecular formula is C7H14O4. The van der Waals surface area contributed by atoms with E-state index in [-0.39, 0.29) is 19.0 Å². The molecule has 0 spiro atoms. The third-order valence-electron chi connectivity index (χ3n) is 1.36. The first-order valence-electron chi connectivity index (χ1n) is 3.78. The maximum atomic E-state index is 8.40. The molecule has 1 fully saturated rings. The lowest BCUT2D eigenvalue weighted by atomic mass is 10.5. The van der Waals surface area contributed by atoms with Gasteiger partial charge in [0.2, 0.25) is 0 Å². The van der Waals surface area contributed by atoms with E-state index in [2.05, 4.69) is 0 Å². The maximum absolute atomic E-state index is 8.40. The predicted molar refractivity (Wildman–Crippen MR) is 38.2 cm³/mol. The van der Waals surface area contributed by atoms with Gasteiger partial charge in [-0.05, 0) is 6.92 Å².